The summed E-state index contributed by atoms with van der Waals surface area (Å²) < 4.78 is 5.79. The first-order chi connectivity index (χ1) is 18.1. The minimum Gasteiger partial charge on any atom is -0.481 e. The third-order valence-corrected chi connectivity index (χ3v) is 7.31. The number of nitrogens with one attached hydrogen (secondary N) is 1. The van der Waals surface area contributed by atoms with Crippen LogP contribution in [0.5, 0.6) is 0 Å². The molecule has 0 aromatic rings. The predicted molar refractivity (Wildman–Crippen MR) is 148 cm³/mol. The van der Waals surface area contributed by atoms with Gasteiger partial charge >= 0.3 is 11.9 Å². The minimum absolute atomic E-state index is 0.147. The number of likely N-dealkylation sites (N-methyl/N-ethyl adjacent to an activating group) is 1. The van der Waals surface area contributed by atoms with Gasteiger partial charge in [0.2, 0.25) is 5.91 Å². The quantitative estimate of drug-likeness (QED) is 0.194. The summed E-state index contributed by atoms with van der Waals surface area (Å²) in [6, 6.07) is -0.934. The molecule has 12 nitrogen and oxygen atoms in total. The lowest BCUT2D eigenvalue weighted by atomic mass is 9.92. The predicted octanol–water partition coefficient (Wildman–Crippen LogP) is 0.921. The summed E-state index contributed by atoms with van der Waals surface area (Å²) in [5, 5.41) is 48.8. The number of amides is 1. The molecule has 2 aliphatic rings. The van der Waals surface area contributed by atoms with Gasteiger partial charge in [0, 0.05) is 6.54 Å². The number of alkyl halides is 1. The van der Waals surface area contributed by atoms with Crippen LogP contribution in [0.4, 0.5) is 0 Å². The number of hydrogen-bond donors (Lipinski definition) is 6. The molecule has 0 unspecified atom stereocenters. The number of halogens is 1. The van der Waals surface area contributed by atoms with Gasteiger partial charge in [0.05, 0.1) is 30.3 Å². The van der Waals surface area contributed by atoms with Crippen molar-refractivity contribution in [1.82, 2.24) is 10.2 Å². The molecule has 1 amide bonds. The van der Waals surface area contributed by atoms with Crippen molar-refractivity contribution in [3.8, 4) is 0 Å². The number of likely N-dealkylation sites (tertiary alicyclic amines) is 1. The number of aliphatic hydroxyl groups is 3. The Balaban J connectivity index is 0.00000101. The van der Waals surface area contributed by atoms with Gasteiger partial charge in [-0.05, 0) is 52.8 Å². The Kier molecular flexibility index (Phi) is 18.1. The number of thioether (sulfide) groups is 1. The van der Waals surface area contributed by atoms with E-state index >= 15 is 0 Å². The van der Waals surface area contributed by atoms with Crippen LogP contribution in [0, 0.1) is 5.92 Å². The number of rotatable bonds is 10. The molecule has 0 bridgehead atoms. The molecule has 2 fully saturated rings. The van der Waals surface area contributed by atoms with Gasteiger partial charge in [0.1, 0.15) is 35.6 Å². The van der Waals surface area contributed by atoms with Crippen molar-refractivity contribution in [1.29, 1.82) is 0 Å². The fourth-order valence-electron chi connectivity index (χ4n) is 4.33. The zero-order valence-electron chi connectivity index (χ0n) is 23.4. The van der Waals surface area contributed by atoms with Crippen LogP contribution in [0.3, 0.4) is 0 Å². The zero-order valence-corrected chi connectivity index (χ0v) is 25.0. The van der Waals surface area contributed by atoms with Gasteiger partial charge in [-0.15, -0.1) is 23.4 Å². The average Bonchev–Trinajstić information content (AvgIpc) is 3.20. The first-order valence-corrected chi connectivity index (χ1v) is 14.6. The third kappa shape index (κ3) is 13.6. The number of Topliss-reactive ketones (excluding diaryl/α,β-unsaturated/α-hetero) is 1. The number of carbonyl (C=O) groups is 4. The Morgan fingerprint density at radius 1 is 1.05 bits per heavy atom. The first kappa shape index (κ1) is 37.5. The van der Waals surface area contributed by atoms with Crippen LogP contribution >= 0.6 is 23.4 Å². The highest BCUT2D eigenvalue weighted by atomic mass is 35.5. The second-order valence-electron chi connectivity index (χ2n) is 9.93. The molecule has 2 saturated heterocycles. The molecule has 0 spiro atoms. The van der Waals surface area contributed by atoms with Crippen molar-refractivity contribution in [3.63, 3.8) is 0 Å². The Labute approximate surface area is 239 Å². The van der Waals surface area contributed by atoms with Crippen molar-refractivity contribution in [3.05, 3.63) is 0 Å². The molecule has 0 aromatic heterocycles. The molecule has 228 valence electrons. The largest absolute Gasteiger partial charge is 0.481 e. The lowest BCUT2D eigenvalue weighted by molar-refractivity contribution is -0.205. The highest BCUT2D eigenvalue weighted by Gasteiger charge is 2.48. The number of carboxylic acids is 2. The summed E-state index contributed by atoms with van der Waals surface area (Å²) in [5.41, 5.74) is -0.702. The topological polar surface area (TPSA) is 194 Å². The average molecular weight is 601 g/mol. The third-order valence-electron chi connectivity index (χ3n) is 6.18. The zero-order chi connectivity index (χ0) is 30.4. The van der Waals surface area contributed by atoms with E-state index in [0.717, 1.165) is 25.8 Å². The number of nitrogens with zero attached hydrogens (tertiary/aromatic N) is 1. The molecule has 14 heteroatoms. The molecule has 2 heterocycles. The molecule has 0 saturated carbocycles. The Bertz CT molecular complexity index is 770. The maximum Gasteiger partial charge on any atom is 0.303 e. The van der Waals surface area contributed by atoms with Crippen LogP contribution in [0.15, 0.2) is 0 Å². The standard InChI is InChI=1S/C18H33ClN2O5S.C4H6O4.C3H6O/c1-5-6-10-7-11(21(3)8-10)17(25)20-12(9(2)19)16-14(23)13(22)15(24)18(26-16)27-4;5-3(6)1-2-4(7)8;1-3(2)4/h9-16,18,22-24H,5-8H2,1-4H3,(H,20,25);1-2H2,(H,5,6)(H,7,8);1-2H3/t9-,10+,11-,12+,13-,14+,15+,16+,18+;;/m0../s1. The number of ketones is 1. The smallest absolute Gasteiger partial charge is 0.303 e. The summed E-state index contributed by atoms with van der Waals surface area (Å²) >= 11 is 7.55. The normalized spacial score (nSPS) is 30.1. The van der Waals surface area contributed by atoms with E-state index in [9.17, 15) is 34.5 Å². The van der Waals surface area contributed by atoms with Crippen LogP contribution in [0.2, 0.25) is 0 Å². The van der Waals surface area contributed by atoms with E-state index < -0.39 is 53.2 Å². The van der Waals surface area contributed by atoms with Crippen molar-refractivity contribution in [2.75, 3.05) is 19.8 Å². The molecule has 39 heavy (non-hydrogen) atoms. The Morgan fingerprint density at radius 3 is 1.97 bits per heavy atom. The first-order valence-electron chi connectivity index (χ1n) is 12.8. The second-order valence-corrected chi connectivity index (χ2v) is 11.6. The fraction of sp³-hybridized carbons (Fsp3) is 0.840. The van der Waals surface area contributed by atoms with Gasteiger partial charge in [0.15, 0.2) is 0 Å². The molecule has 0 radical (unpaired) electrons. The number of ether oxygens (including phenoxy) is 1. The van der Waals surface area contributed by atoms with Crippen LogP contribution < -0.4 is 5.32 Å². The van der Waals surface area contributed by atoms with Crippen molar-refractivity contribution in [2.45, 2.75) is 107 Å². The van der Waals surface area contributed by atoms with Gasteiger partial charge in [-0.2, -0.15) is 0 Å². The molecule has 6 N–H and O–H groups in total. The van der Waals surface area contributed by atoms with Crippen molar-refractivity contribution in [2.24, 2.45) is 5.92 Å². The van der Waals surface area contributed by atoms with Gasteiger partial charge in [0.25, 0.3) is 0 Å². The van der Waals surface area contributed by atoms with Crippen LogP contribution in [-0.2, 0) is 23.9 Å². The number of hydrogen-bond acceptors (Lipinski definition) is 10. The van der Waals surface area contributed by atoms with Gasteiger partial charge in [-0.25, -0.2) is 0 Å². The second kappa shape index (κ2) is 18.8. The van der Waals surface area contributed by atoms with Gasteiger partial charge in [-0.1, -0.05) is 13.3 Å². The van der Waals surface area contributed by atoms with Crippen LogP contribution in [0.1, 0.15) is 59.8 Å². The summed E-state index contributed by atoms with van der Waals surface area (Å²) in [4.78, 5) is 43.7. The molecule has 2 aliphatic heterocycles. The van der Waals surface area contributed by atoms with Crippen molar-refractivity contribution < 1.29 is 49.4 Å². The molecule has 2 rings (SSSR count). The van der Waals surface area contributed by atoms with E-state index in [1.165, 1.54) is 25.6 Å². The molecule has 0 aromatic carbocycles. The monoisotopic (exact) mass is 600 g/mol. The van der Waals surface area contributed by atoms with E-state index in [1.807, 2.05) is 11.9 Å². The number of carbonyl (C=O) groups excluding carboxylic acids is 2. The van der Waals surface area contributed by atoms with E-state index in [1.54, 1.807) is 13.2 Å². The van der Waals surface area contributed by atoms with Crippen LogP contribution in [0.25, 0.3) is 0 Å². The highest BCUT2D eigenvalue weighted by Crippen LogP contribution is 2.31. The minimum atomic E-state index is -1.36. The molecular formula is C25H45ClN2O10S. The fourth-order valence-corrected chi connectivity index (χ4v) is 5.21. The number of carboxylic acid groups (broad SMARTS) is 2. The van der Waals surface area contributed by atoms with E-state index in [2.05, 4.69) is 12.2 Å². The number of aliphatic hydroxyl groups excluding tert-OH is 3. The summed E-state index contributed by atoms with van der Waals surface area (Å²) in [6.07, 6.45) is -0.691. The maximum atomic E-state index is 12.9. The molecule has 0 aliphatic carbocycles. The summed E-state index contributed by atoms with van der Waals surface area (Å²) in [5.74, 6) is -1.64. The molecular weight excluding hydrogens is 556 g/mol. The molecule has 9 atom stereocenters. The van der Waals surface area contributed by atoms with E-state index in [-0.39, 0.29) is 30.6 Å². The lowest BCUT2D eigenvalue weighted by Crippen LogP contribution is -2.65. The highest BCUT2D eigenvalue weighted by molar-refractivity contribution is 7.99. The van der Waals surface area contributed by atoms with E-state index in [4.69, 9.17) is 26.6 Å². The maximum absolute atomic E-state index is 12.9. The summed E-state index contributed by atoms with van der Waals surface area (Å²) in [7, 11) is 1.94. The number of aliphatic carboxylic acids is 2. The van der Waals surface area contributed by atoms with Gasteiger partial charge in [-0.3, -0.25) is 19.3 Å². The van der Waals surface area contributed by atoms with Crippen molar-refractivity contribution >= 4 is 47.0 Å². The Morgan fingerprint density at radius 2 is 1.56 bits per heavy atom. The van der Waals surface area contributed by atoms with E-state index in [0.29, 0.717) is 5.92 Å². The lowest BCUT2D eigenvalue weighted by Gasteiger charge is -2.44. The van der Waals surface area contributed by atoms with Gasteiger partial charge < -0.3 is 40.4 Å². The SMILES string of the molecule is CC(C)=O.CCC[C@@H]1C[C@@H](C(=O)N[C@@H]([C@H]2O[C@H](SC)[C@H](O)[C@@H](O)[C@H]2O)[C@H](C)Cl)N(C)C1.O=C(O)CCC(=O)O. The Hall–Kier alpha value is -1.48. The van der Waals surface area contributed by atoms with Crippen LogP contribution in [-0.4, -0.2) is 121 Å². The summed E-state index contributed by atoms with van der Waals surface area (Å²) in [6.45, 7) is 7.80.